The van der Waals surface area contributed by atoms with Crippen LogP contribution in [0.5, 0.6) is 0 Å². The van der Waals surface area contributed by atoms with E-state index in [4.69, 9.17) is 10.2 Å². The molecule has 1 atom stereocenters. The van der Waals surface area contributed by atoms with Crippen molar-refractivity contribution in [1.82, 2.24) is 0 Å². The molecule has 0 unspecified atom stereocenters. The monoisotopic (exact) mass is 148 g/mol. The number of hydrogen-bond donors (Lipinski definition) is 2. The summed E-state index contributed by atoms with van der Waals surface area (Å²) in [6.07, 6.45) is -0.607. The summed E-state index contributed by atoms with van der Waals surface area (Å²) in [6.45, 7) is 0.397. The highest BCUT2D eigenvalue weighted by atomic mass is 16.5. The second-order valence-electron chi connectivity index (χ2n) is 2.03. The Balaban J connectivity index is 3.25. The summed E-state index contributed by atoms with van der Waals surface area (Å²) >= 11 is 0. The molecule has 0 fully saturated rings. The summed E-state index contributed by atoms with van der Waals surface area (Å²) in [4.78, 5) is 9.97. The van der Waals surface area contributed by atoms with Gasteiger partial charge in [-0.05, 0) is 6.42 Å². The fraction of sp³-hybridized carbons (Fsp3) is 0.833. The predicted molar refractivity (Wildman–Crippen MR) is 34.8 cm³/mol. The van der Waals surface area contributed by atoms with Gasteiger partial charge in [-0.15, -0.1) is 0 Å². The average molecular weight is 148 g/mol. The van der Waals surface area contributed by atoms with Crippen molar-refractivity contribution in [2.24, 2.45) is 0 Å². The number of ether oxygens (including phenoxy) is 1. The molecule has 0 aliphatic heterocycles. The van der Waals surface area contributed by atoms with Gasteiger partial charge in [-0.3, -0.25) is 4.79 Å². The van der Waals surface area contributed by atoms with E-state index in [1.165, 1.54) is 7.11 Å². The molecule has 0 aromatic heterocycles. The lowest BCUT2D eigenvalue weighted by molar-refractivity contribution is -0.139. The molecule has 4 nitrogen and oxygen atoms in total. The maximum Gasteiger partial charge on any atom is 0.305 e. The number of aliphatic carboxylic acids is 1. The summed E-state index contributed by atoms with van der Waals surface area (Å²) in [5, 5.41) is 17.1. The largest absolute Gasteiger partial charge is 0.481 e. The first-order chi connectivity index (χ1) is 4.66. The van der Waals surface area contributed by atoms with Gasteiger partial charge in [-0.2, -0.15) is 0 Å². The highest BCUT2D eigenvalue weighted by Gasteiger charge is 2.07. The Morgan fingerprint density at radius 2 is 2.30 bits per heavy atom. The van der Waals surface area contributed by atoms with E-state index in [-0.39, 0.29) is 6.42 Å². The first kappa shape index (κ1) is 9.39. The molecule has 0 aliphatic rings. The van der Waals surface area contributed by atoms with Crippen molar-refractivity contribution in [1.29, 1.82) is 0 Å². The average Bonchev–Trinajstić information content (AvgIpc) is 1.82. The first-order valence-electron chi connectivity index (χ1n) is 3.05. The molecule has 0 saturated heterocycles. The minimum atomic E-state index is -0.983. The van der Waals surface area contributed by atoms with Crippen LogP contribution in [0.3, 0.4) is 0 Å². The van der Waals surface area contributed by atoms with Crippen LogP contribution in [0.25, 0.3) is 0 Å². The molecule has 0 aromatic carbocycles. The Morgan fingerprint density at radius 3 is 2.70 bits per heavy atom. The van der Waals surface area contributed by atoms with Crippen LogP contribution < -0.4 is 0 Å². The number of methoxy groups -OCH3 is 1. The molecule has 2 N–H and O–H groups in total. The zero-order valence-electron chi connectivity index (χ0n) is 5.91. The first-order valence-corrected chi connectivity index (χ1v) is 3.05. The summed E-state index contributed by atoms with van der Waals surface area (Å²) in [7, 11) is 1.51. The minimum Gasteiger partial charge on any atom is -0.481 e. The van der Waals surface area contributed by atoms with Crippen molar-refractivity contribution in [3.8, 4) is 0 Å². The molecule has 4 heteroatoms. The fourth-order valence-corrected chi connectivity index (χ4v) is 0.558. The maximum atomic E-state index is 9.97. The summed E-state index contributed by atoms with van der Waals surface area (Å²) < 4.78 is 4.64. The Hall–Kier alpha value is -0.610. The zero-order chi connectivity index (χ0) is 7.98. The maximum absolute atomic E-state index is 9.97. The Kier molecular flexibility index (Phi) is 4.88. The molecule has 10 heavy (non-hydrogen) atoms. The lowest BCUT2D eigenvalue weighted by Crippen LogP contribution is -2.14. The molecule has 0 radical (unpaired) electrons. The van der Waals surface area contributed by atoms with E-state index in [2.05, 4.69) is 4.74 Å². The van der Waals surface area contributed by atoms with Crippen molar-refractivity contribution in [3.05, 3.63) is 0 Å². The fourth-order valence-electron chi connectivity index (χ4n) is 0.558. The van der Waals surface area contributed by atoms with Gasteiger partial charge in [-0.25, -0.2) is 0 Å². The van der Waals surface area contributed by atoms with Gasteiger partial charge in [0.25, 0.3) is 0 Å². The number of carboxylic acid groups (broad SMARTS) is 1. The second kappa shape index (κ2) is 5.20. The number of carboxylic acids is 1. The number of aliphatic hydroxyl groups is 1. The third-order valence-electron chi connectivity index (χ3n) is 1.07. The lowest BCUT2D eigenvalue weighted by atomic mass is 10.2. The molecule has 0 aromatic rings. The minimum absolute atomic E-state index is 0.205. The molecule has 0 amide bonds. The summed E-state index contributed by atoms with van der Waals surface area (Å²) in [5.41, 5.74) is 0. The zero-order valence-corrected chi connectivity index (χ0v) is 5.91. The van der Waals surface area contributed by atoms with Crippen molar-refractivity contribution >= 4 is 5.97 Å². The van der Waals surface area contributed by atoms with Gasteiger partial charge >= 0.3 is 5.97 Å². The van der Waals surface area contributed by atoms with Crippen LogP contribution in [0.1, 0.15) is 12.8 Å². The van der Waals surface area contributed by atoms with Crippen LogP contribution in [0, 0.1) is 0 Å². The third kappa shape index (κ3) is 5.53. The highest BCUT2D eigenvalue weighted by molar-refractivity contribution is 5.67. The molecule has 0 heterocycles. The van der Waals surface area contributed by atoms with Crippen molar-refractivity contribution in [3.63, 3.8) is 0 Å². The molecule has 0 bridgehead atoms. The Bertz CT molecular complexity index is 102. The van der Waals surface area contributed by atoms with Crippen LogP contribution in [0.2, 0.25) is 0 Å². The van der Waals surface area contributed by atoms with E-state index in [1.54, 1.807) is 0 Å². The van der Waals surface area contributed by atoms with Gasteiger partial charge in [0.05, 0.1) is 12.5 Å². The second-order valence-corrected chi connectivity index (χ2v) is 2.03. The van der Waals surface area contributed by atoms with Gasteiger partial charge in [0.1, 0.15) is 0 Å². The summed E-state index contributed by atoms with van der Waals surface area (Å²) in [5.74, 6) is -0.983. The van der Waals surface area contributed by atoms with Gasteiger partial charge in [0.15, 0.2) is 0 Å². The standard InChI is InChI=1S/C6H12O4/c1-10-3-2-5(7)4-6(8)9/h5,7H,2-4H2,1H3,(H,8,9)/t5-/m0/s1. The molecular weight excluding hydrogens is 136 g/mol. The Morgan fingerprint density at radius 1 is 1.70 bits per heavy atom. The van der Waals surface area contributed by atoms with Crippen molar-refractivity contribution in [2.75, 3.05) is 13.7 Å². The molecule has 0 aliphatic carbocycles. The topological polar surface area (TPSA) is 66.8 Å². The lowest BCUT2D eigenvalue weighted by Gasteiger charge is -2.05. The van der Waals surface area contributed by atoms with Gasteiger partial charge in [-0.1, -0.05) is 0 Å². The van der Waals surface area contributed by atoms with Crippen LogP contribution in [-0.2, 0) is 9.53 Å². The Labute approximate surface area is 59.4 Å². The normalized spacial score (nSPS) is 13.0. The van der Waals surface area contributed by atoms with E-state index in [9.17, 15) is 4.79 Å². The van der Waals surface area contributed by atoms with E-state index >= 15 is 0 Å². The van der Waals surface area contributed by atoms with Crippen LogP contribution in [0.15, 0.2) is 0 Å². The van der Waals surface area contributed by atoms with E-state index in [0.717, 1.165) is 0 Å². The molecular formula is C6H12O4. The highest BCUT2D eigenvalue weighted by Crippen LogP contribution is 1.96. The van der Waals surface area contributed by atoms with E-state index in [1.807, 2.05) is 0 Å². The summed E-state index contributed by atoms with van der Waals surface area (Å²) in [6, 6.07) is 0. The van der Waals surface area contributed by atoms with Crippen molar-refractivity contribution in [2.45, 2.75) is 18.9 Å². The quantitative estimate of drug-likeness (QED) is 0.569. The number of aliphatic hydroxyl groups excluding tert-OH is 1. The van der Waals surface area contributed by atoms with E-state index < -0.39 is 12.1 Å². The number of carbonyl (C=O) groups is 1. The van der Waals surface area contributed by atoms with Gasteiger partial charge in [0.2, 0.25) is 0 Å². The van der Waals surface area contributed by atoms with Crippen molar-refractivity contribution < 1.29 is 19.7 Å². The van der Waals surface area contributed by atoms with Crippen LogP contribution in [-0.4, -0.2) is 36.0 Å². The van der Waals surface area contributed by atoms with Gasteiger partial charge in [0, 0.05) is 13.7 Å². The van der Waals surface area contributed by atoms with E-state index in [0.29, 0.717) is 13.0 Å². The molecule has 0 rings (SSSR count). The predicted octanol–water partition coefficient (Wildman–Crippen LogP) is -0.142. The SMILES string of the molecule is COCC[C@H](O)CC(=O)O. The number of hydrogen-bond acceptors (Lipinski definition) is 3. The van der Waals surface area contributed by atoms with Gasteiger partial charge < -0.3 is 14.9 Å². The third-order valence-corrected chi connectivity index (χ3v) is 1.07. The molecule has 0 spiro atoms. The van der Waals surface area contributed by atoms with Crippen LogP contribution >= 0.6 is 0 Å². The van der Waals surface area contributed by atoms with Crippen LogP contribution in [0.4, 0.5) is 0 Å². The molecule has 0 saturated carbocycles. The number of rotatable bonds is 5. The smallest absolute Gasteiger partial charge is 0.305 e. The molecule has 60 valence electrons.